The van der Waals surface area contributed by atoms with Gasteiger partial charge in [-0.25, -0.2) is 4.90 Å². The normalized spacial score (nSPS) is 20.4. The average Bonchev–Trinajstić information content (AvgIpc) is 3.16. The number of carbonyl (C=O) groups is 2. The number of carbonyl (C=O) groups excluding carboxylic acids is 2. The van der Waals surface area contributed by atoms with E-state index in [1.165, 1.54) is 4.90 Å². The molecule has 0 bridgehead atoms. The van der Waals surface area contributed by atoms with Crippen LogP contribution in [0.15, 0.2) is 66.7 Å². The van der Waals surface area contributed by atoms with E-state index in [1.807, 2.05) is 42.5 Å². The molecule has 7 heteroatoms. The molecule has 1 saturated heterocycles. The number of ether oxygens (including phenoxy) is 2. The fourth-order valence-corrected chi connectivity index (χ4v) is 5.05. The third-order valence-corrected chi connectivity index (χ3v) is 6.66. The molecule has 0 aromatic heterocycles. The van der Waals surface area contributed by atoms with Crippen molar-refractivity contribution in [1.82, 2.24) is 4.90 Å². The van der Waals surface area contributed by atoms with E-state index in [2.05, 4.69) is 4.90 Å². The van der Waals surface area contributed by atoms with E-state index in [-0.39, 0.29) is 30.0 Å². The standard InChI is InChI=1S/C27H26N2O5/c1-33-23-14-18-12-13-28(22-16-25(31)29(27(22)32)19-6-4-3-5-7-19)26(21(18)15-24(23)34-2)17-8-10-20(30)11-9-17/h3-11,14-15,22,26,30H,12-13,16H2,1-2H3/t22-,26+/m1/s1. The molecular weight excluding hydrogens is 432 g/mol. The van der Waals surface area contributed by atoms with Crippen molar-refractivity contribution in [3.05, 3.63) is 83.4 Å². The zero-order valence-electron chi connectivity index (χ0n) is 19.1. The number of amides is 2. The van der Waals surface area contributed by atoms with Crippen molar-refractivity contribution >= 4 is 17.5 Å². The minimum Gasteiger partial charge on any atom is -0.508 e. The summed E-state index contributed by atoms with van der Waals surface area (Å²) in [5, 5.41) is 9.86. The maximum atomic E-state index is 13.6. The lowest BCUT2D eigenvalue weighted by molar-refractivity contribution is -0.123. The van der Waals surface area contributed by atoms with Crippen molar-refractivity contribution in [3.63, 3.8) is 0 Å². The van der Waals surface area contributed by atoms with Gasteiger partial charge < -0.3 is 14.6 Å². The lowest BCUT2D eigenvalue weighted by Gasteiger charge is -2.40. The fraction of sp³-hybridized carbons (Fsp3) is 0.259. The number of phenolic OH excluding ortho intramolecular Hbond substituents is 1. The molecule has 2 aliphatic rings. The van der Waals surface area contributed by atoms with Crippen molar-refractivity contribution in [3.8, 4) is 17.2 Å². The minimum absolute atomic E-state index is 0.116. The monoisotopic (exact) mass is 458 g/mol. The molecule has 2 amide bonds. The number of aromatic hydroxyl groups is 1. The van der Waals surface area contributed by atoms with Crippen LogP contribution in [0, 0.1) is 0 Å². The van der Waals surface area contributed by atoms with Gasteiger partial charge in [0.1, 0.15) is 5.75 Å². The van der Waals surface area contributed by atoms with E-state index in [4.69, 9.17) is 9.47 Å². The summed E-state index contributed by atoms with van der Waals surface area (Å²) in [4.78, 5) is 29.9. The summed E-state index contributed by atoms with van der Waals surface area (Å²) < 4.78 is 11.1. The molecule has 1 N–H and O–H groups in total. The molecule has 0 spiro atoms. The Kier molecular flexibility index (Phi) is 5.71. The van der Waals surface area contributed by atoms with Crippen LogP contribution in [-0.2, 0) is 16.0 Å². The van der Waals surface area contributed by atoms with Gasteiger partial charge in [-0.3, -0.25) is 14.5 Å². The van der Waals surface area contributed by atoms with Crippen molar-refractivity contribution in [2.24, 2.45) is 0 Å². The molecule has 2 atom stereocenters. The summed E-state index contributed by atoms with van der Waals surface area (Å²) in [6.07, 6.45) is 0.818. The molecule has 174 valence electrons. The molecular formula is C27H26N2O5. The number of nitrogens with zero attached hydrogens (tertiary/aromatic N) is 2. The molecule has 1 fully saturated rings. The highest BCUT2D eigenvalue weighted by molar-refractivity contribution is 6.22. The zero-order valence-corrected chi connectivity index (χ0v) is 19.1. The van der Waals surface area contributed by atoms with Crippen LogP contribution in [0.5, 0.6) is 17.2 Å². The van der Waals surface area contributed by atoms with Crippen molar-refractivity contribution in [2.45, 2.75) is 24.9 Å². The largest absolute Gasteiger partial charge is 0.508 e. The number of benzene rings is 3. The Hall–Kier alpha value is -3.84. The first-order chi connectivity index (χ1) is 16.5. The summed E-state index contributed by atoms with van der Waals surface area (Å²) in [6, 6.07) is 19.1. The molecule has 5 rings (SSSR count). The van der Waals surface area contributed by atoms with Gasteiger partial charge in [-0.05, 0) is 59.5 Å². The molecule has 2 heterocycles. The first kappa shape index (κ1) is 22.0. The minimum atomic E-state index is -0.590. The highest BCUT2D eigenvalue weighted by Crippen LogP contribution is 2.43. The lowest BCUT2D eigenvalue weighted by Crippen LogP contribution is -2.47. The summed E-state index contributed by atoms with van der Waals surface area (Å²) in [6.45, 7) is 0.598. The Morgan fingerprint density at radius 3 is 2.26 bits per heavy atom. The topological polar surface area (TPSA) is 79.3 Å². The molecule has 7 nitrogen and oxygen atoms in total. The number of hydrogen-bond acceptors (Lipinski definition) is 6. The average molecular weight is 459 g/mol. The van der Waals surface area contributed by atoms with Gasteiger partial charge in [0.15, 0.2) is 11.5 Å². The van der Waals surface area contributed by atoms with Gasteiger partial charge in [-0.1, -0.05) is 30.3 Å². The predicted molar refractivity (Wildman–Crippen MR) is 127 cm³/mol. The van der Waals surface area contributed by atoms with E-state index < -0.39 is 6.04 Å². The number of rotatable bonds is 5. The molecule has 0 unspecified atom stereocenters. The van der Waals surface area contributed by atoms with Gasteiger partial charge >= 0.3 is 0 Å². The van der Waals surface area contributed by atoms with Gasteiger partial charge in [0, 0.05) is 6.54 Å². The highest BCUT2D eigenvalue weighted by Gasteiger charge is 2.46. The van der Waals surface area contributed by atoms with E-state index >= 15 is 0 Å². The Bertz CT molecular complexity index is 1230. The van der Waals surface area contributed by atoms with Crippen molar-refractivity contribution in [2.75, 3.05) is 25.7 Å². The zero-order chi connectivity index (χ0) is 23.8. The summed E-state index contributed by atoms with van der Waals surface area (Å²) in [5.74, 6) is 1.00. The van der Waals surface area contributed by atoms with E-state index in [9.17, 15) is 14.7 Å². The van der Waals surface area contributed by atoms with E-state index in [0.717, 1.165) is 16.7 Å². The molecule has 3 aromatic carbocycles. The Morgan fingerprint density at radius 2 is 1.59 bits per heavy atom. The number of fused-ring (bicyclic) bond motifs is 1. The first-order valence-electron chi connectivity index (χ1n) is 11.2. The van der Waals surface area contributed by atoms with Crippen LogP contribution in [-0.4, -0.2) is 48.6 Å². The Balaban J connectivity index is 1.59. The SMILES string of the molecule is COc1cc2c(cc1OC)[C@H](c1ccc(O)cc1)N([C@@H]1CC(=O)N(c3ccccc3)C1=O)CC2. The quantitative estimate of drug-likeness (QED) is 0.588. The number of methoxy groups -OCH3 is 2. The molecule has 34 heavy (non-hydrogen) atoms. The number of para-hydroxylation sites is 1. The van der Waals surface area contributed by atoms with Gasteiger partial charge in [-0.2, -0.15) is 0 Å². The predicted octanol–water partition coefficient (Wildman–Crippen LogP) is 3.69. The third-order valence-electron chi connectivity index (χ3n) is 6.66. The summed E-state index contributed by atoms with van der Waals surface area (Å²) in [5.41, 5.74) is 3.60. The number of anilines is 1. The van der Waals surface area contributed by atoms with Crippen LogP contribution >= 0.6 is 0 Å². The lowest BCUT2D eigenvalue weighted by atomic mass is 9.86. The number of hydrogen-bond donors (Lipinski definition) is 1. The van der Waals surface area contributed by atoms with Crippen molar-refractivity contribution in [1.29, 1.82) is 0 Å². The van der Waals surface area contributed by atoms with Crippen LogP contribution in [0.4, 0.5) is 5.69 Å². The molecule has 2 aliphatic heterocycles. The second-order valence-corrected chi connectivity index (χ2v) is 8.51. The molecule has 0 aliphatic carbocycles. The molecule has 0 radical (unpaired) electrons. The highest BCUT2D eigenvalue weighted by atomic mass is 16.5. The first-order valence-corrected chi connectivity index (χ1v) is 11.2. The fourth-order valence-electron chi connectivity index (χ4n) is 5.05. The Labute approximate surface area is 198 Å². The van der Waals surface area contributed by atoms with Crippen LogP contribution in [0.1, 0.15) is 29.2 Å². The van der Waals surface area contributed by atoms with Crippen LogP contribution in [0.25, 0.3) is 0 Å². The van der Waals surface area contributed by atoms with Gasteiger partial charge in [0.25, 0.3) is 5.91 Å². The molecule has 0 saturated carbocycles. The summed E-state index contributed by atoms with van der Waals surface area (Å²) >= 11 is 0. The van der Waals surface area contributed by atoms with E-state index in [1.54, 1.807) is 38.5 Å². The van der Waals surface area contributed by atoms with E-state index in [0.29, 0.717) is 30.2 Å². The molecule has 3 aromatic rings. The van der Waals surface area contributed by atoms with Crippen LogP contribution in [0.2, 0.25) is 0 Å². The van der Waals surface area contributed by atoms with Gasteiger partial charge in [-0.15, -0.1) is 0 Å². The smallest absolute Gasteiger partial charge is 0.251 e. The van der Waals surface area contributed by atoms with Gasteiger partial charge in [0.05, 0.1) is 38.4 Å². The van der Waals surface area contributed by atoms with Gasteiger partial charge in [0.2, 0.25) is 5.91 Å². The summed E-state index contributed by atoms with van der Waals surface area (Å²) in [7, 11) is 3.20. The number of phenols is 1. The van der Waals surface area contributed by atoms with Crippen LogP contribution in [0.3, 0.4) is 0 Å². The van der Waals surface area contributed by atoms with Crippen molar-refractivity contribution < 1.29 is 24.2 Å². The second-order valence-electron chi connectivity index (χ2n) is 8.51. The third kappa shape index (κ3) is 3.68. The maximum Gasteiger partial charge on any atom is 0.251 e. The Morgan fingerprint density at radius 1 is 0.912 bits per heavy atom. The maximum absolute atomic E-state index is 13.6. The second kappa shape index (κ2) is 8.83. The van der Waals surface area contributed by atoms with Crippen LogP contribution < -0.4 is 14.4 Å². The number of imide groups is 1.